The largest absolute Gasteiger partial charge is 0.236 e. The van der Waals surface area contributed by atoms with Crippen molar-refractivity contribution in [1.82, 2.24) is 19.9 Å². The number of nitrogens with zero attached hydrogens (tertiary/aromatic N) is 4. The highest BCUT2D eigenvalue weighted by molar-refractivity contribution is 7.26. The molecule has 4 nitrogen and oxygen atoms in total. The van der Waals surface area contributed by atoms with Crippen molar-refractivity contribution in [2.75, 3.05) is 0 Å². The van der Waals surface area contributed by atoms with Crippen molar-refractivity contribution in [2.45, 2.75) is 19.3 Å². The number of thiophene rings is 2. The highest BCUT2D eigenvalue weighted by atomic mass is 32.1. The van der Waals surface area contributed by atoms with E-state index in [2.05, 4.69) is 135 Å². The molecule has 6 aromatic carbocycles. The summed E-state index contributed by atoms with van der Waals surface area (Å²) in [6.07, 6.45) is 7.87. The molecule has 0 spiro atoms. The minimum Gasteiger partial charge on any atom is -0.236 e. The van der Waals surface area contributed by atoms with Crippen LogP contribution in [-0.4, -0.2) is 19.9 Å². The summed E-state index contributed by atoms with van der Waals surface area (Å²) in [5, 5.41) is 5.07. The van der Waals surface area contributed by atoms with Crippen LogP contribution in [0.4, 0.5) is 0 Å². The lowest BCUT2D eigenvalue weighted by Crippen LogP contribution is -2.15. The van der Waals surface area contributed by atoms with Gasteiger partial charge in [-0.3, -0.25) is 0 Å². The van der Waals surface area contributed by atoms with Gasteiger partial charge in [0.1, 0.15) is 0 Å². The Hall–Kier alpha value is -6.08. The standard InChI is InChI=1S/C47H30N4S2/c1-47(2)39-21-27(29-23-48-45(49-24-29)37-13-7-11-35-33-9-3-5-15-41(33)52-43(35)37)17-19-31(39)32-20-18-28(22-40(32)47)30-25-50-46(51-26-30)38-14-8-12-36-34-10-4-6-16-42(34)53-44(36)38/h3-26H,1-2H3. The van der Waals surface area contributed by atoms with E-state index in [0.717, 1.165) is 45.0 Å². The maximum atomic E-state index is 4.89. The third kappa shape index (κ3) is 4.66. The zero-order valence-corrected chi connectivity index (χ0v) is 30.6. The number of hydrogen-bond donors (Lipinski definition) is 0. The van der Waals surface area contributed by atoms with Crippen molar-refractivity contribution in [3.05, 3.63) is 157 Å². The van der Waals surface area contributed by atoms with Crippen LogP contribution < -0.4 is 0 Å². The van der Waals surface area contributed by atoms with E-state index in [9.17, 15) is 0 Å². The van der Waals surface area contributed by atoms with Gasteiger partial charge in [-0.25, -0.2) is 19.9 Å². The van der Waals surface area contributed by atoms with E-state index in [0.29, 0.717) is 0 Å². The van der Waals surface area contributed by atoms with Crippen LogP contribution >= 0.6 is 22.7 Å². The van der Waals surface area contributed by atoms with E-state index < -0.39 is 0 Å². The Balaban J connectivity index is 0.898. The minimum atomic E-state index is -0.189. The molecule has 0 N–H and O–H groups in total. The second-order valence-electron chi connectivity index (χ2n) is 14.3. The highest BCUT2D eigenvalue weighted by Gasteiger charge is 2.36. The van der Waals surface area contributed by atoms with Crippen LogP contribution in [0, 0.1) is 0 Å². The Labute approximate surface area is 314 Å². The van der Waals surface area contributed by atoms with Crippen molar-refractivity contribution in [3.8, 4) is 56.2 Å². The van der Waals surface area contributed by atoms with Gasteiger partial charge in [-0.2, -0.15) is 0 Å². The van der Waals surface area contributed by atoms with Crippen LogP contribution in [0.5, 0.6) is 0 Å². The van der Waals surface area contributed by atoms with Gasteiger partial charge in [-0.15, -0.1) is 22.7 Å². The summed E-state index contributed by atoms with van der Waals surface area (Å²) in [7, 11) is 0. The van der Waals surface area contributed by atoms with Crippen molar-refractivity contribution in [3.63, 3.8) is 0 Å². The van der Waals surface area contributed by atoms with Gasteiger partial charge in [0.05, 0.1) is 0 Å². The predicted octanol–water partition coefficient (Wildman–Crippen LogP) is 13.0. The molecule has 11 rings (SSSR count). The van der Waals surface area contributed by atoms with Crippen molar-refractivity contribution in [2.24, 2.45) is 0 Å². The quantitative estimate of drug-likeness (QED) is 0.182. The molecule has 0 aliphatic heterocycles. The number of rotatable bonds is 4. The van der Waals surface area contributed by atoms with E-state index in [4.69, 9.17) is 19.9 Å². The SMILES string of the molecule is CC1(C)c2cc(-c3cnc(-c4cccc5c4sc4ccccc45)nc3)ccc2-c2ccc(-c3cnc(-c4cccc5c4sc4ccccc45)nc3)cc21. The highest BCUT2D eigenvalue weighted by Crippen LogP contribution is 2.51. The summed E-state index contributed by atoms with van der Waals surface area (Å²) in [6, 6.07) is 43.6. The summed E-state index contributed by atoms with van der Waals surface area (Å²) >= 11 is 3.61. The zero-order chi connectivity index (χ0) is 35.3. The van der Waals surface area contributed by atoms with Crippen LogP contribution in [-0.2, 0) is 5.41 Å². The van der Waals surface area contributed by atoms with Gasteiger partial charge in [0.25, 0.3) is 0 Å². The third-order valence-corrected chi connectivity index (χ3v) is 13.4. The molecule has 6 heteroatoms. The fraction of sp³-hybridized carbons (Fsp3) is 0.0638. The molecule has 4 aromatic heterocycles. The molecule has 1 aliphatic rings. The molecule has 0 radical (unpaired) electrons. The summed E-state index contributed by atoms with van der Waals surface area (Å²) in [4.78, 5) is 19.6. The first-order valence-electron chi connectivity index (χ1n) is 17.8. The molecular weight excluding hydrogens is 685 g/mol. The van der Waals surface area contributed by atoms with Crippen LogP contribution in [0.25, 0.3) is 96.5 Å². The number of aromatic nitrogens is 4. The lowest BCUT2D eigenvalue weighted by Gasteiger charge is -2.22. The molecule has 0 saturated carbocycles. The number of hydrogen-bond acceptors (Lipinski definition) is 6. The first-order valence-corrected chi connectivity index (χ1v) is 19.4. The topological polar surface area (TPSA) is 51.6 Å². The molecule has 0 bridgehead atoms. The van der Waals surface area contributed by atoms with E-state index in [-0.39, 0.29) is 5.41 Å². The molecule has 0 atom stereocenters. The Kier molecular flexibility index (Phi) is 6.60. The monoisotopic (exact) mass is 714 g/mol. The number of fused-ring (bicyclic) bond motifs is 9. The van der Waals surface area contributed by atoms with Gasteiger partial charge >= 0.3 is 0 Å². The van der Waals surface area contributed by atoms with Crippen LogP contribution in [0.3, 0.4) is 0 Å². The third-order valence-electron chi connectivity index (χ3n) is 10.9. The summed E-state index contributed by atoms with van der Waals surface area (Å²) in [6.45, 7) is 4.64. The van der Waals surface area contributed by atoms with Crippen molar-refractivity contribution >= 4 is 63.0 Å². The Bertz CT molecular complexity index is 2870. The Morgan fingerprint density at radius 3 is 1.26 bits per heavy atom. The van der Waals surface area contributed by atoms with Crippen molar-refractivity contribution < 1.29 is 0 Å². The van der Waals surface area contributed by atoms with Gasteiger partial charge in [-0.05, 0) is 69.8 Å². The van der Waals surface area contributed by atoms with Gasteiger partial charge in [0, 0.05) is 92.8 Å². The predicted molar refractivity (Wildman–Crippen MR) is 223 cm³/mol. The maximum Gasteiger partial charge on any atom is 0.160 e. The van der Waals surface area contributed by atoms with Gasteiger partial charge in [0.2, 0.25) is 0 Å². The van der Waals surface area contributed by atoms with Crippen LogP contribution in [0.1, 0.15) is 25.0 Å². The Morgan fingerprint density at radius 2 is 0.811 bits per heavy atom. The van der Waals surface area contributed by atoms with Gasteiger partial charge in [0.15, 0.2) is 11.6 Å². The van der Waals surface area contributed by atoms with Gasteiger partial charge < -0.3 is 0 Å². The molecule has 10 aromatic rings. The van der Waals surface area contributed by atoms with E-state index >= 15 is 0 Å². The first kappa shape index (κ1) is 30.5. The van der Waals surface area contributed by atoms with E-state index in [1.807, 2.05) is 24.8 Å². The average molecular weight is 715 g/mol. The molecule has 0 fully saturated rings. The van der Waals surface area contributed by atoms with Gasteiger partial charge in [-0.1, -0.05) is 98.8 Å². The molecule has 0 unspecified atom stereocenters. The summed E-state index contributed by atoms with van der Waals surface area (Å²) < 4.78 is 5.02. The average Bonchev–Trinajstić information content (AvgIpc) is 3.86. The molecule has 4 heterocycles. The lowest BCUT2D eigenvalue weighted by atomic mass is 9.81. The normalized spacial score (nSPS) is 13.2. The molecule has 0 saturated heterocycles. The first-order chi connectivity index (χ1) is 26.0. The van der Waals surface area contributed by atoms with E-state index in [1.165, 1.54) is 62.6 Å². The van der Waals surface area contributed by atoms with E-state index in [1.54, 1.807) is 22.7 Å². The van der Waals surface area contributed by atoms with Crippen LogP contribution in [0.15, 0.2) is 146 Å². The fourth-order valence-electron chi connectivity index (χ4n) is 8.18. The zero-order valence-electron chi connectivity index (χ0n) is 29.0. The van der Waals surface area contributed by atoms with Crippen molar-refractivity contribution in [1.29, 1.82) is 0 Å². The molecular formula is C47H30N4S2. The second kappa shape index (κ2) is 11.5. The smallest absolute Gasteiger partial charge is 0.160 e. The number of benzene rings is 6. The molecule has 250 valence electrons. The summed E-state index contributed by atoms with van der Waals surface area (Å²) in [5.74, 6) is 1.50. The molecule has 53 heavy (non-hydrogen) atoms. The minimum absolute atomic E-state index is 0.189. The molecule has 1 aliphatic carbocycles. The summed E-state index contributed by atoms with van der Waals surface area (Å²) in [5.41, 5.74) is 11.4. The second-order valence-corrected chi connectivity index (χ2v) is 16.4. The molecule has 0 amide bonds. The van der Waals surface area contributed by atoms with Crippen LogP contribution in [0.2, 0.25) is 0 Å². The maximum absolute atomic E-state index is 4.89. The Morgan fingerprint density at radius 1 is 0.396 bits per heavy atom. The fourth-order valence-corrected chi connectivity index (χ4v) is 10.6. The lowest BCUT2D eigenvalue weighted by molar-refractivity contribution is 0.661.